The Morgan fingerprint density at radius 2 is 1.63 bits per heavy atom. The van der Waals surface area contributed by atoms with Crippen LogP contribution < -0.4 is 4.90 Å². The van der Waals surface area contributed by atoms with Gasteiger partial charge in [-0.2, -0.15) is 0 Å². The van der Waals surface area contributed by atoms with E-state index in [1.165, 1.54) is 25.7 Å². The highest BCUT2D eigenvalue weighted by atomic mass is 16.4. The molecule has 2 heterocycles. The summed E-state index contributed by atoms with van der Waals surface area (Å²) < 4.78 is 0. The number of rotatable bonds is 3. The molecular formula is C14H21N3O2. The van der Waals surface area contributed by atoms with Crippen LogP contribution in [0.5, 0.6) is 0 Å². The van der Waals surface area contributed by atoms with Gasteiger partial charge in [-0.25, -0.2) is 9.97 Å². The van der Waals surface area contributed by atoms with E-state index in [4.69, 9.17) is 5.11 Å². The number of hydrogen-bond donors (Lipinski definition) is 1. The van der Waals surface area contributed by atoms with Crippen molar-refractivity contribution in [3.63, 3.8) is 0 Å². The molecule has 0 bridgehead atoms. The maximum Gasteiger partial charge on any atom is 0.307 e. The molecule has 1 aliphatic rings. The number of aliphatic carboxylic acids is 1. The number of carbonyl (C=O) groups is 1. The highest BCUT2D eigenvalue weighted by molar-refractivity contribution is 5.71. The Bertz CT molecular complexity index is 443. The van der Waals surface area contributed by atoms with E-state index in [2.05, 4.69) is 14.9 Å². The minimum absolute atomic E-state index is 0.00204. The van der Waals surface area contributed by atoms with E-state index in [9.17, 15) is 4.79 Å². The van der Waals surface area contributed by atoms with Crippen molar-refractivity contribution in [3.05, 3.63) is 17.0 Å². The smallest absolute Gasteiger partial charge is 0.307 e. The molecule has 1 fully saturated rings. The summed E-state index contributed by atoms with van der Waals surface area (Å²) in [5.41, 5.74) is 2.31. The first kappa shape index (κ1) is 13.8. The van der Waals surface area contributed by atoms with Crippen LogP contribution in [0, 0.1) is 13.8 Å². The highest BCUT2D eigenvalue weighted by Gasteiger charge is 2.16. The minimum atomic E-state index is -0.836. The Kier molecular flexibility index (Phi) is 4.35. The Morgan fingerprint density at radius 3 is 2.11 bits per heavy atom. The number of hydrogen-bond acceptors (Lipinski definition) is 4. The summed E-state index contributed by atoms with van der Waals surface area (Å²) in [6, 6.07) is 0. The lowest BCUT2D eigenvalue weighted by Crippen LogP contribution is -2.27. The second kappa shape index (κ2) is 5.99. The Morgan fingerprint density at radius 1 is 1.11 bits per heavy atom. The third-order valence-electron chi connectivity index (χ3n) is 3.63. The molecule has 2 rings (SSSR count). The quantitative estimate of drug-likeness (QED) is 0.904. The standard InChI is InChI=1S/C14H21N3O2/c1-10-12(9-13(18)19)11(2)16-14(15-10)17-7-5-3-4-6-8-17/h3-9H2,1-2H3,(H,18,19). The Hall–Kier alpha value is -1.65. The first-order valence-electron chi connectivity index (χ1n) is 6.89. The number of carboxylic acids is 1. The molecular weight excluding hydrogens is 242 g/mol. The molecule has 0 unspecified atom stereocenters. The van der Waals surface area contributed by atoms with Crippen LogP contribution in [-0.2, 0) is 11.2 Å². The molecule has 104 valence electrons. The van der Waals surface area contributed by atoms with Crippen molar-refractivity contribution in [1.82, 2.24) is 9.97 Å². The predicted octanol–water partition coefficient (Wildman–Crippen LogP) is 2.10. The van der Waals surface area contributed by atoms with Gasteiger partial charge in [0.25, 0.3) is 0 Å². The molecule has 0 saturated carbocycles. The second-order valence-corrected chi connectivity index (χ2v) is 5.14. The summed E-state index contributed by atoms with van der Waals surface area (Å²) in [6.07, 6.45) is 4.89. The Balaban J connectivity index is 2.25. The van der Waals surface area contributed by atoms with Crippen molar-refractivity contribution in [2.24, 2.45) is 0 Å². The van der Waals surface area contributed by atoms with Crippen LogP contribution in [0.3, 0.4) is 0 Å². The maximum atomic E-state index is 10.8. The van der Waals surface area contributed by atoms with Crippen LogP contribution in [0.4, 0.5) is 5.95 Å². The molecule has 1 aliphatic heterocycles. The molecule has 5 heteroatoms. The fourth-order valence-corrected chi connectivity index (χ4v) is 2.54. The highest BCUT2D eigenvalue weighted by Crippen LogP contribution is 2.19. The average Bonchev–Trinajstić information content (AvgIpc) is 2.62. The van der Waals surface area contributed by atoms with Gasteiger partial charge >= 0.3 is 5.97 Å². The molecule has 5 nitrogen and oxygen atoms in total. The van der Waals surface area contributed by atoms with Gasteiger partial charge in [-0.3, -0.25) is 4.79 Å². The summed E-state index contributed by atoms with van der Waals surface area (Å²) >= 11 is 0. The lowest BCUT2D eigenvalue weighted by Gasteiger charge is -2.21. The fourth-order valence-electron chi connectivity index (χ4n) is 2.54. The van der Waals surface area contributed by atoms with E-state index in [0.717, 1.165) is 36.0 Å². The van der Waals surface area contributed by atoms with Crippen LogP contribution in [-0.4, -0.2) is 34.1 Å². The number of aromatic nitrogens is 2. The molecule has 19 heavy (non-hydrogen) atoms. The molecule has 1 N–H and O–H groups in total. The lowest BCUT2D eigenvalue weighted by molar-refractivity contribution is -0.136. The van der Waals surface area contributed by atoms with Gasteiger partial charge in [0.15, 0.2) is 0 Å². The van der Waals surface area contributed by atoms with Crippen molar-refractivity contribution in [1.29, 1.82) is 0 Å². The monoisotopic (exact) mass is 263 g/mol. The molecule has 0 spiro atoms. The van der Waals surface area contributed by atoms with E-state index < -0.39 is 5.97 Å². The van der Waals surface area contributed by atoms with Crippen LogP contribution in [0.1, 0.15) is 42.6 Å². The van der Waals surface area contributed by atoms with E-state index in [1.807, 2.05) is 13.8 Å². The summed E-state index contributed by atoms with van der Waals surface area (Å²) in [5.74, 6) is -0.0802. The maximum absolute atomic E-state index is 10.8. The fraction of sp³-hybridized carbons (Fsp3) is 0.643. The van der Waals surface area contributed by atoms with E-state index in [1.54, 1.807) is 0 Å². The lowest BCUT2D eigenvalue weighted by atomic mass is 10.1. The largest absolute Gasteiger partial charge is 0.481 e. The van der Waals surface area contributed by atoms with Gasteiger partial charge in [0, 0.05) is 30.0 Å². The van der Waals surface area contributed by atoms with Gasteiger partial charge in [0.1, 0.15) is 0 Å². The normalized spacial score (nSPS) is 16.2. The summed E-state index contributed by atoms with van der Waals surface area (Å²) in [5, 5.41) is 8.91. The molecule has 1 saturated heterocycles. The molecule has 0 aliphatic carbocycles. The minimum Gasteiger partial charge on any atom is -0.481 e. The van der Waals surface area contributed by atoms with Crippen molar-refractivity contribution in [3.8, 4) is 0 Å². The number of aryl methyl sites for hydroxylation is 2. The molecule has 1 aromatic heterocycles. The molecule has 0 amide bonds. The van der Waals surface area contributed by atoms with Crippen molar-refractivity contribution in [2.75, 3.05) is 18.0 Å². The van der Waals surface area contributed by atoms with Gasteiger partial charge in [-0.05, 0) is 26.7 Å². The SMILES string of the molecule is Cc1nc(N2CCCCCC2)nc(C)c1CC(=O)O. The first-order valence-corrected chi connectivity index (χ1v) is 6.89. The first-order chi connectivity index (χ1) is 9.08. The zero-order valence-corrected chi connectivity index (χ0v) is 11.6. The molecule has 0 radical (unpaired) electrons. The van der Waals surface area contributed by atoms with Gasteiger partial charge in [0.2, 0.25) is 5.95 Å². The van der Waals surface area contributed by atoms with Crippen LogP contribution in [0.25, 0.3) is 0 Å². The molecule has 1 aromatic rings. The summed E-state index contributed by atoms with van der Waals surface area (Å²) in [7, 11) is 0. The van der Waals surface area contributed by atoms with Crippen LogP contribution in [0.2, 0.25) is 0 Å². The van der Waals surface area contributed by atoms with Crippen LogP contribution in [0.15, 0.2) is 0 Å². The number of carboxylic acid groups (broad SMARTS) is 1. The number of nitrogens with zero attached hydrogens (tertiary/aromatic N) is 3. The topological polar surface area (TPSA) is 66.3 Å². The molecule has 0 atom stereocenters. The Labute approximate surface area is 113 Å². The summed E-state index contributed by atoms with van der Waals surface area (Å²) in [6.45, 7) is 5.73. The summed E-state index contributed by atoms with van der Waals surface area (Å²) in [4.78, 5) is 22.1. The second-order valence-electron chi connectivity index (χ2n) is 5.14. The van der Waals surface area contributed by atoms with Crippen molar-refractivity contribution in [2.45, 2.75) is 46.0 Å². The van der Waals surface area contributed by atoms with Crippen molar-refractivity contribution >= 4 is 11.9 Å². The average molecular weight is 263 g/mol. The zero-order chi connectivity index (χ0) is 13.8. The van der Waals surface area contributed by atoms with E-state index in [-0.39, 0.29) is 6.42 Å². The number of anilines is 1. The van der Waals surface area contributed by atoms with Gasteiger partial charge in [0.05, 0.1) is 6.42 Å². The van der Waals surface area contributed by atoms with E-state index >= 15 is 0 Å². The third kappa shape index (κ3) is 3.43. The van der Waals surface area contributed by atoms with Gasteiger partial charge in [-0.1, -0.05) is 12.8 Å². The van der Waals surface area contributed by atoms with Crippen molar-refractivity contribution < 1.29 is 9.90 Å². The van der Waals surface area contributed by atoms with Crippen LogP contribution >= 0.6 is 0 Å². The van der Waals surface area contributed by atoms with E-state index in [0.29, 0.717) is 0 Å². The molecule has 0 aromatic carbocycles. The zero-order valence-electron chi connectivity index (χ0n) is 11.6. The van der Waals surface area contributed by atoms with Gasteiger partial charge in [-0.15, -0.1) is 0 Å². The predicted molar refractivity (Wildman–Crippen MR) is 73.5 cm³/mol. The van der Waals surface area contributed by atoms with Gasteiger partial charge < -0.3 is 10.0 Å². The third-order valence-corrected chi connectivity index (χ3v) is 3.63.